The number of amides is 1. The van der Waals surface area contributed by atoms with E-state index in [1.807, 2.05) is 6.07 Å². The number of aliphatic hydroxyl groups is 3. The van der Waals surface area contributed by atoms with E-state index in [4.69, 9.17) is 16.2 Å². The van der Waals surface area contributed by atoms with Gasteiger partial charge in [-0.1, -0.05) is 12.1 Å². The maximum absolute atomic E-state index is 13.6. The molecule has 13 heteroatoms. The molecule has 1 heterocycles. The van der Waals surface area contributed by atoms with Crippen LogP contribution in [0.25, 0.3) is 21.9 Å². The largest absolute Gasteiger partial charge is 0.507 e. The van der Waals surface area contributed by atoms with Crippen molar-refractivity contribution in [2.24, 2.45) is 17.6 Å². The Labute approximate surface area is 264 Å². The Morgan fingerprint density at radius 3 is 2.35 bits per heavy atom. The number of anilines is 1. The molecule has 0 aromatic heterocycles. The number of hydrogen-bond donors (Lipinski definition) is 7. The summed E-state index contributed by atoms with van der Waals surface area (Å²) < 4.78 is 5.58. The molecule has 1 amide bonds. The molecule has 2 aliphatic carbocycles. The summed E-state index contributed by atoms with van der Waals surface area (Å²) in [5.74, 6) is -7.91. The van der Waals surface area contributed by atoms with E-state index >= 15 is 0 Å². The number of ketones is 2. The van der Waals surface area contributed by atoms with Crippen molar-refractivity contribution in [2.45, 2.75) is 43.2 Å². The number of methoxy groups -OCH3 is 1. The number of Topliss-reactive ketones (excluding diaryl/α,β-unsaturated/α-hetero) is 2. The predicted molar refractivity (Wildman–Crippen MR) is 167 cm³/mol. The van der Waals surface area contributed by atoms with Gasteiger partial charge in [0.05, 0.1) is 30.6 Å². The van der Waals surface area contributed by atoms with E-state index < -0.39 is 70.2 Å². The van der Waals surface area contributed by atoms with Crippen molar-refractivity contribution in [1.82, 2.24) is 9.80 Å². The third kappa shape index (κ3) is 4.37. The molecule has 1 saturated heterocycles. The van der Waals surface area contributed by atoms with Gasteiger partial charge in [0.25, 0.3) is 0 Å². The number of carbonyl (C=O) groups is 3. The molecule has 1 aliphatic heterocycles. The van der Waals surface area contributed by atoms with Crippen LogP contribution in [0.1, 0.15) is 41.7 Å². The molecule has 2 fully saturated rings. The molecule has 244 valence electrons. The van der Waals surface area contributed by atoms with E-state index in [-0.39, 0.29) is 22.0 Å². The summed E-state index contributed by atoms with van der Waals surface area (Å²) in [6, 6.07) is 7.14. The van der Waals surface area contributed by atoms with E-state index in [1.165, 1.54) is 19.0 Å². The summed E-state index contributed by atoms with van der Waals surface area (Å²) in [4.78, 5) is 42.8. The molecule has 0 spiro atoms. The Morgan fingerprint density at radius 1 is 1.07 bits per heavy atom. The lowest BCUT2D eigenvalue weighted by Gasteiger charge is -2.53. The summed E-state index contributed by atoms with van der Waals surface area (Å²) in [7, 11) is 4.47. The van der Waals surface area contributed by atoms with Gasteiger partial charge in [-0.15, -0.1) is 0 Å². The molecule has 6 rings (SSSR count). The van der Waals surface area contributed by atoms with Gasteiger partial charge in [0.15, 0.2) is 23.1 Å². The summed E-state index contributed by atoms with van der Waals surface area (Å²) in [6.45, 7) is 2.55. The van der Waals surface area contributed by atoms with Gasteiger partial charge in [-0.25, -0.2) is 0 Å². The first-order chi connectivity index (χ1) is 21.7. The number of likely N-dealkylation sites (tertiary alicyclic amines) is 1. The number of primary amides is 1. The lowest BCUT2D eigenvalue weighted by Crippen LogP contribution is -2.71. The molecule has 6 atom stereocenters. The van der Waals surface area contributed by atoms with Gasteiger partial charge in [0, 0.05) is 39.9 Å². The highest BCUT2D eigenvalue weighted by molar-refractivity contribution is 6.24. The molecule has 0 bridgehead atoms. The molecule has 46 heavy (non-hydrogen) atoms. The fraction of sp³-hybridized carbons (Fsp3) is 0.424. The van der Waals surface area contributed by atoms with Crippen molar-refractivity contribution >= 4 is 33.9 Å². The fourth-order valence-corrected chi connectivity index (χ4v) is 7.78. The van der Waals surface area contributed by atoms with E-state index in [0.717, 1.165) is 31.5 Å². The standard InChI is InChI=1S/C33H38N4O9/c1-36(2)25-23-28(40)20-21(30(42)33(23,45)31(43)22(29(25)41)32(35)44)27(39)19-17(24(20)34)8-7-16(26(19)38)14-6-9-18(46-3)15(12-14)13-37-10-4-5-11-37/h6-9,12,22-23,25,28,30,38-40,42,45H,4-5,10-11,13,34H2,1-3H3,(H2,35,44)/t22?,23-,25+,28+,30?,33+/m1/s1. The normalized spacial score (nSPS) is 28.0. The van der Waals surface area contributed by atoms with E-state index in [1.54, 1.807) is 31.4 Å². The first-order valence-electron chi connectivity index (χ1n) is 15.1. The molecular weight excluding hydrogens is 596 g/mol. The Kier molecular flexibility index (Phi) is 7.73. The number of ether oxygens (including phenoxy) is 1. The molecule has 9 N–H and O–H groups in total. The highest BCUT2D eigenvalue weighted by Gasteiger charge is 2.68. The van der Waals surface area contributed by atoms with Crippen molar-refractivity contribution < 1.29 is 44.7 Å². The smallest absolute Gasteiger partial charge is 0.235 e. The Morgan fingerprint density at radius 2 is 1.74 bits per heavy atom. The number of phenolic OH excluding ortho intramolecular Hbond substituents is 2. The zero-order chi connectivity index (χ0) is 33.4. The maximum Gasteiger partial charge on any atom is 0.235 e. The van der Waals surface area contributed by atoms with Crippen molar-refractivity contribution in [3.63, 3.8) is 0 Å². The molecule has 3 aromatic rings. The SMILES string of the molecule is COc1ccc(-c2ccc3c(N)c4c(c(O)c3c2O)C(O)[C@]2(O)C(=O)C(C(N)=O)C(=O)[C@@H](N(C)C)[C@@H]2[C@H]4O)cc1CN1CCCC1. The van der Waals surface area contributed by atoms with E-state index in [2.05, 4.69) is 4.90 Å². The molecular formula is C33H38N4O9. The number of phenols is 2. The highest BCUT2D eigenvalue weighted by Crippen LogP contribution is 2.59. The lowest BCUT2D eigenvalue weighted by molar-refractivity contribution is -0.202. The number of fused-ring (bicyclic) bond motifs is 3. The number of aliphatic hydroxyl groups excluding tert-OH is 2. The number of hydrogen-bond acceptors (Lipinski definition) is 12. The number of aromatic hydroxyl groups is 2. The van der Waals surface area contributed by atoms with Crippen molar-refractivity contribution in [3.05, 3.63) is 47.0 Å². The van der Waals surface area contributed by atoms with Crippen LogP contribution >= 0.6 is 0 Å². The molecule has 3 aromatic carbocycles. The first-order valence-corrected chi connectivity index (χ1v) is 15.1. The van der Waals surface area contributed by atoms with E-state index in [0.29, 0.717) is 23.4 Å². The van der Waals surface area contributed by atoms with Crippen LogP contribution in [-0.4, -0.2) is 98.7 Å². The van der Waals surface area contributed by atoms with Crippen LogP contribution in [0.4, 0.5) is 5.69 Å². The van der Waals surface area contributed by atoms with Gasteiger partial charge >= 0.3 is 0 Å². The van der Waals surface area contributed by atoms with Crippen LogP contribution in [0.2, 0.25) is 0 Å². The summed E-state index contributed by atoms with van der Waals surface area (Å²) in [6.07, 6.45) is -1.90. The number of rotatable bonds is 6. The minimum Gasteiger partial charge on any atom is -0.507 e. The number of benzene rings is 3. The first kappa shape index (κ1) is 31.7. The molecule has 1 saturated carbocycles. The lowest BCUT2D eigenvalue weighted by atomic mass is 9.56. The van der Waals surface area contributed by atoms with E-state index in [9.17, 15) is 39.9 Å². The van der Waals surface area contributed by atoms with Gasteiger partial charge in [-0.05, 0) is 63.8 Å². The Hall–Kier alpha value is -4.27. The average Bonchev–Trinajstić information content (AvgIpc) is 3.52. The summed E-state index contributed by atoms with van der Waals surface area (Å²) in [5.41, 5.74) is 9.97. The van der Waals surface area contributed by atoms with Crippen molar-refractivity contribution in [3.8, 4) is 28.4 Å². The Bertz CT molecular complexity index is 1790. The minimum atomic E-state index is -2.93. The minimum absolute atomic E-state index is 0.130. The average molecular weight is 635 g/mol. The Balaban J connectivity index is 1.55. The number of nitrogens with zero attached hydrogens (tertiary/aromatic N) is 2. The molecule has 13 nitrogen and oxygen atoms in total. The van der Waals surface area contributed by atoms with Gasteiger partial charge in [0.2, 0.25) is 5.91 Å². The fourth-order valence-electron chi connectivity index (χ4n) is 7.78. The number of likely N-dealkylation sites (N-methyl/N-ethyl adjacent to an activating group) is 1. The summed E-state index contributed by atoms with van der Waals surface area (Å²) in [5, 5.41) is 58.5. The summed E-state index contributed by atoms with van der Waals surface area (Å²) >= 11 is 0. The second-order valence-electron chi connectivity index (χ2n) is 12.7. The predicted octanol–water partition coefficient (Wildman–Crippen LogP) is 0.716. The maximum atomic E-state index is 13.6. The number of carbonyl (C=O) groups excluding carboxylic acids is 3. The van der Waals surface area contributed by atoms with Crippen LogP contribution in [0.5, 0.6) is 17.2 Å². The zero-order valence-electron chi connectivity index (χ0n) is 25.7. The molecule has 3 aliphatic rings. The second kappa shape index (κ2) is 11.2. The van der Waals surface area contributed by atoms with Crippen molar-refractivity contribution in [2.75, 3.05) is 40.0 Å². The quantitative estimate of drug-likeness (QED) is 0.113. The van der Waals surface area contributed by atoms with Crippen LogP contribution in [0.3, 0.4) is 0 Å². The van der Waals surface area contributed by atoms with Gasteiger partial charge in [-0.2, -0.15) is 0 Å². The third-order valence-corrected chi connectivity index (χ3v) is 9.97. The molecule has 0 radical (unpaired) electrons. The van der Waals surface area contributed by atoms with Gasteiger partial charge in [0.1, 0.15) is 23.4 Å². The zero-order valence-corrected chi connectivity index (χ0v) is 25.7. The molecule has 2 unspecified atom stereocenters. The number of nitrogens with two attached hydrogens (primary N) is 2. The topological polar surface area (TPSA) is 220 Å². The highest BCUT2D eigenvalue weighted by atomic mass is 16.5. The monoisotopic (exact) mass is 634 g/mol. The van der Waals surface area contributed by atoms with Crippen LogP contribution < -0.4 is 16.2 Å². The second-order valence-corrected chi connectivity index (χ2v) is 12.7. The van der Waals surface area contributed by atoms with Gasteiger partial charge < -0.3 is 41.7 Å². The van der Waals surface area contributed by atoms with Crippen LogP contribution in [0, 0.1) is 11.8 Å². The van der Waals surface area contributed by atoms with Crippen molar-refractivity contribution in [1.29, 1.82) is 0 Å². The van der Waals surface area contributed by atoms with Gasteiger partial charge in [-0.3, -0.25) is 24.2 Å². The van der Waals surface area contributed by atoms with Crippen LogP contribution in [0.15, 0.2) is 30.3 Å². The number of nitrogen functional groups attached to an aromatic ring is 1. The third-order valence-electron chi connectivity index (χ3n) is 9.97. The van der Waals surface area contributed by atoms with Crippen LogP contribution in [-0.2, 0) is 20.9 Å².